The number of aryl methyl sites for hydroxylation is 2. The van der Waals surface area contributed by atoms with E-state index in [0.29, 0.717) is 31.7 Å². The predicted molar refractivity (Wildman–Crippen MR) is 121 cm³/mol. The van der Waals surface area contributed by atoms with E-state index in [4.69, 9.17) is 0 Å². The van der Waals surface area contributed by atoms with E-state index in [1.165, 1.54) is 4.90 Å². The van der Waals surface area contributed by atoms with Crippen molar-refractivity contribution < 1.29 is 9.59 Å². The summed E-state index contributed by atoms with van der Waals surface area (Å²) in [6.07, 6.45) is 2.24. The van der Waals surface area contributed by atoms with Crippen molar-refractivity contribution in [3.05, 3.63) is 86.6 Å². The molecule has 2 aromatic heterocycles. The van der Waals surface area contributed by atoms with E-state index in [9.17, 15) is 14.4 Å². The van der Waals surface area contributed by atoms with E-state index in [2.05, 4.69) is 5.10 Å². The number of pyridine rings is 1. The van der Waals surface area contributed by atoms with Gasteiger partial charge in [-0.1, -0.05) is 30.3 Å². The van der Waals surface area contributed by atoms with Crippen molar-refractivity contribution in [1.29, 1.82) is 0 Å². The minimum absolute atomic E-state index is 0.152. The van der Waals surface area contributed by atoms with Gasteiger partial charge in [0.2, 0.25) is 0 Å². The van der Waals surface area contributed by atoms with Crippen LogP contribution in [0.2, 0.25) is 0 Å². The van der Waals surface area contributed by atoms with Gasteiger partial charge in [-0.25, -0.2) is 0 Å². The quantitative estimate of drug-likeness (QED) is 0.629. The molecule has 32 heavy (non-hydrogen) atoms. The standard InChI is InChI=1S/C24H27N5O3/c1-16-12-20(25-27(16)4)22(30)28-11-10-19-18(14-28)15-29(13-17-8-6-5-7-9-17)24(32)21(19)23(31)26(2)3/h5-9,12,15H,10-11,13-14H2,1-4H3. The van der Waals surface area contributed by atoms with Crippen molar-refractivity contribution >= 4 is 11.8 Å². The van der Waals surface area contributed by atoms with Gasteiger partial charge in [-0.15, -0.1) is 0 Å². The van der Waals surface area contributed by atoms with Gasteiger partial charge in [-0.05, 0) is 36.1 Å². The van der Waals surface area contributed by atoms with Crippen LogP contribution in [0, 0.1) is 6.92 Å². The van der Waals surface area contributed by atoms with E-state index in [1.807, 2.05) is 37.3 Å². The lowest BCUT2D eigenvalue weighted by atomic mass is 9.95. The maximum absolute atomic E-state index is 13.3. The molecule has 166 valence electrons. The predicted octanol–water partition coefficient (Wildman–Crippen LogP) is 1.84. The molecular formula is C24H27N5O3. The molecule has 0 fully saturated rings. The lowest BCUT2D eigenvalue weighted by Gasteiger charge is -2.30. The van der Waals surface area contributed by atoms with Crippen LogP contribution in [-0.2, 0) is 26.6 Å². The number of hydrogen-bond acceptors (Lipinski definition) is 4. The zero-order chi connectivity index (χ0) is 23.0. The second kappa shape index (κ2) is 8.45. The molecule has 0 atom stereocenters. The van der Waals surface area contributed by atoms with Gasteiger partial charge in [0, 0.05) is 46.1 Å². The number of benzene rings is 1. The van der Waals surface area contributed by atoms with Crippen molar-refractivity contribution in [2.45, 2.75) is 26.4 Å². The minimum atomic E-state index is -0.311. The van der Waals surface area contributed by atoms with Gasteiger partial charge in [-0.2, -0.15) is 5.10 Å². The van der Waals surface area contributed by atoms with Crippen LogP contribution in [0.15, 0.2) is 47.4 Å². The third-order valence-corrected chi connectivity index (χ3v) is 5.90. The summed E-state index contributed by atoms with van der Waals surface area (Å²) in [5, 5.41) is 4.31. The number of aromatic nitrogens is 3. The van der Waals surface area contributed by atoms with E-state index in [0.717, 1.165) is 22.4 Å². The Labute approximate surface area is 186 Å². The average Bonchev–Trinajstić information content (AvgIpc) is 3.12. The van der Waals surface area contributed by atoms with E-state index in [-0.39, 0.29) is 22.9 Å². The third kappa shape index (κ3) is 3.95. The van der Waals surface area contributed by atoms with Crippen LogP contribution >= 0.6 is 0 Å². The van der Waals surface area contributed by atoms with Crippen molar-refractivity contribution in [2.75, 3.05) is 20.6 Å². The normalized spacial score (nSPS) is 13.1. The first-order valence-corrected chi connectivity index (χ1v) is 10.6. The number of amides is 2. The fourth-order valence-electron chi connectivity index (χ4n) is 4.05. The molecule has 8 nitrogen and oxygen atoms in total. The SMILES string of the molecule is Cc1cc(C(=O)N2CCc3c(cn(Cc4ccccc4)c(=O)c3C(=O)N(C)C)C2)nn1C. The van der Waals surface area contributed by atoms with Crippen LogP contribution in [0.1, 0.15) is 43.2 Å². The monoisotopic (exact) mass is 433 g/mol. The second-order valence-electron chi connectivity index (χ2n) is 8.40. The highest BCUT2D eigenvalue weighted by Gasteiger charge is 2.30. The van der Waals surface area contributed by atoms with Crippen LogP contribution in [-0.4, -0.2) is 56.6 Å². The molecule has 0 saturated heterocycles. The summed E-state index contributed by atoms with van der Waals surface area (Å²) in [6.45, 7) is 3.01. The lowest BCUT2D eigenvalue weighted by molar-refractivity contribution is 0.0726. The molecule has 3 aromatic rings. The number of rotatable bonds is 4. The highest BCUT2D eigenvalue weighted by molar-refractivity contribution is 5.96. The summed E-state index contributed by atoms with van der Waals surface area (Å²) in [6, 6.07) is 11.4. The van der Waals surface area contributed by atoms with Crippen molar-refractivity contribution in [2.24, 2.45) is 7.05 Å². The molecule has 4 rings (SSSR count). The Morgan fingerprint density at radius 1 is 1.16 bits per heavy atom. The largest absolute Gasteiger partial charge is 0.345 e. The summed E-state index contributed by atoms with van der Waals surface area (Å²) >= 11 is 0. The number of carbonyl (C=O) groups excluding carboxylic acids is 2. The zero-order valence-electron chi connectivity index (χ0n) is 18.8. The first kappa shape index (κ1) is 21.5. The number of nitrogens with zero attached hydrogens (tertiary/aromatic N) is 5. The maximum atomic E-state index is 13.3. The van der Waals surface area contributed by atoms with E-state index >= 15 is 0 Å². The average molecular weight is 434 g/mol. The van der Waals surface area contributed by atoms with Gasteiger partial charge in [-0.3, -0.25) is 19.1 Å². The van der Waals surface area contributed by atoms with Crippen LogP contribution in [0.5, 0.6) is 0 Å². The summed E-state index contributed by atoms with van der Waals surface area (Å²) in [7, 11) is 5.09. The Morgan fingerprint density at radius 3 is 2.50 bits per heavy atom. The van der Waals surface area contributed by atoms with Gasteiger partial charge >= 0.3 is 0 Å². The number of carbonyl (C=O) groups is 2. The van der Waals surface area contributed by atoms with Crippen LogP contribution < -0.4 is 5.56 Å². The second-order valence-corrected chi connectivity index (χ2v) is 8.40. The zero-order valence-corrected chi connectivity index (χ0v) is 18.8. The molecule has 0 spiro atoms. The number of fused-ring (bicyclic) bond motifs is 1. The summed E-state index contributed by atoms with van der Waals surface area (Å²) < 4.78 is 3.25. The molecule has 8 heteroatoms. The topological polar surface area (TPSA) is 80.4 Å². The van der Waals surface area contributed by atoms with Crippen LogP contribution in [0.25, 0.3) is 0 Å². The molecule has 3 heterocycles. The smallest absolute Gasteiger partial charge is 0.274 e. The van der Waals surface area contributed by atoms with E-state index < -0.39 is 0 Å². The summed E-state index contributed by atoms with van der Waals surface area (Å²) in [5.41, 5.74) is 3.72. The molecule has 0 saturated carbocycles. The Morgan fingerprint density at radius 2 is 1.88 bits per heavy atom. The first-order chi connectivity index (χ1) is 15.3. The Bertz CT molecular complexity index is 1220. The van der Waals surface area contributed by atoms with Gasteiger partial charge in [0.25, 0.3) is 17.4 Å². The third-order valence-electron chi connectivity index (χ3n) is 5.90. The molecule has 0 unspecified atom stereocenters. The number of hydrogen-bond donors (Lipinski definition) is 0. The highest BCUT2D eigenvalue weighted by Crippen LogP contribution is 2.23. The van der Waals surface area contributed by atoms with Crippen molar-refractivity contribution in [3.63, 3.8) is 0 Å². The van der Waals surface area contributed by atoms with Gasteiger partial charge in [0.1, 0.15) is 5.56 Å². The van der Waals surface area contributed by atoms with Crippen LogP contribution in [0.3, 0.4) is 0 Å². The molecule has 0 radical (unpaired) electrons. The molecule has 1 aromatic carbocycles. The first-order valence-electron chi connectivity index (χ1n) is 10.6. The molecule has 1 aliphatic rings. The summed E-state index contributed by atoms with van der Waals surface area (Å²) in [4.78, 5) is 42.4. The molecule has 1 aliphatic heterocycles. The molecule has 0 bridgehead atoms. The van der Waals surface area contributed by atoms with Crippen molar-refractivity contribution in [3.8, 4) is 0 Å². The lowest BCUT2D eigenvalue weighted by Crippen LogP contribution is -2.41. The van der Waals surface area contributed by atoms with Gasteiger partial charge in [0.05, 0.1) is 6.54 Å². The van der Waals surface area contributed by atoms with Gasteiger partial charge in [0.15, 0.2) is 5.69 Å². The summed E-state index contributed by atoms with van der Waals surface area (Å²) in [5.74, 6) is -0.463. The fraction of sp³-hybridized carbons (Fsp3) is 0.333. The molecule has 2 amide bonds. The Hall–Kier alpha value is -3.68. The Balaban J connectivity index is 1.74. The minimum Gasteiger partial charge on any atom is -0.345 e. The van der Waals surface area contributed by atoms with E-state index in [1.54, 1.807) is 47.6 Å². The molecule has 0 N–H and O–H groups in total. The Kier molecular flexibility index (Phi) is 5.69. The molecule has 0 aliphatic carbocycles. The maximum Gasteiger partial charge on any atom is 0.274 e. The fourth-order valence-corrected chi connectivity index (χ4v) is 4.05. The van der Waals surface area contributed by atoms with Gasteiger partial charge < -0.3 is 14.4 Å². The molecular weight excluding hydrogens is 406 g/mol. The highest BCUT2D eigenvalue weighted by atomic mass is 16.2. The van der Waals surface area contributed by atoms with Crippen LogP contribution in [0.4, 0.5) is 0 Å². The van der Waals surface area contributed by atoms with Crippen molar-refractivity contribution in [1.82, 2.24) is 24.1 Å².